The number of aromatic nitrogens is 3. The van der Waals surface area contributed by atoms with Gasteiger partial charge in [0, 0.05) is 13.1 Å². The number of nitrogens with zero attached hydrogens (tertiary/aromatic N) is 4. The molecule has 1 aliphatic rings. The van der Waals surface area contributed by atoms with Gasteiger partial charge in [0.05, 0.1) is 24.1 Å². The summed E-state index contributed by atoms with van der Waals surface area (Å²) in [5.41, 5.74) is 5.43. The Balaban J connectivity index is 1.38. The average Bonchev–Trinajstić information content (AvgIpc) is 3.14. The summed E-state index contributed by atoms with van der Waals surface area (Å²) >= 11 is 0. The molecule has 0 spiro atoms. The zero-order valence-electron chi connectivity index (χ0n) is 17.8. The minimum atomic E-state index is -0.0509. The summed E-state index contributed by atoms with van der Waals surface area (Å²) in [6.07, 6.45) is 1.85. The maximum absolute atomic E-state index is 13.1. The molecule has 1 amide bonds. The Morgan fingerprint density at radius 2 is 1.77 bits per heavy atom. The van der Waals surface area contributed by atoms with Gasteiger partial charge in [-0.1, -0.05) is 48.0 Å². The van der Waals surface area contributed by atoms with Crippen molar-refractivity contribution in [2.24, 2.45) is 0 Å². The highest BCUT2D eigenvalue weighted by Crippen LogP contribution is 2.20. The molecular formula is C24H28N4O2. The van der Waals surface area contributed by atoms with Crippen LogP contribution in [0.5, 0.6) is 0 Å². The van der Waals surface area contributed by atoms with Crippen molar-refractivity contribution in [1.29, 1.82) is 0 Å². The number of ether oxygens (including phenoxy) is 1. The zero-order chi connectivity index (χ0) is 21.1. The zero-order valence-corrected chi connectivity index (χ0v) is 17.8. The first-order chi connectivity index (χ1) is 14.5. The fourth-order valence-electron chi connectivity index (χ4n) is 3.88. The fraction of sp³-hybridized carbons (Fsp3) is 0.375. The van der Waals surface area contributed by atoms with Crippen LogP contribution in [-0.4, -0.2) is 45.0 Å². The highest BCUT2D eigenvalue weighted by Gasteiger charge is 2.27. The van der Waals surface area contributed by atoms with Crippen molar-refractivity contribution in [2.75, 3.05) is 13.1 Å². The van der Waals surface area contributed by atoms with Gasteiger partial charge in [-0.05, 0) is 50.8 Å². The third-order valence-corrected chi connectivity index (χ3v) is 5.61. The molecule has 0 radical (unpaired) electrons. The summed E-state index contributed by atoms with van der Waals surface area (Å²) in [6, 6.07) is 16.3. The standard InChI is InChI=1S/C24H28N4O2/c1-17-9-10-22(18(2)15-17)28-25-19(3)23(26-28)24(29)27-13-11-21(12-14-27)30-16-20-7-5-4-6-8-20/h4-10,15,21H,11-14,16H2,1-3H3. The minimum Gasteiger partial charge on any atom is -0.373 e. The summed E-state index contributed by atoms with van der Waals surface area (Å²) in [6.45, 7) is 7.89. The monoisotopic (exact) mass is 404 g/mol. The van der Waals surface area contributed by atoms with Gasteiger partial charge >= 0.3 is 0 Å². The number of benzene rings is 2. The number of rotatable bonds is 5. The highest BCUT2D eigenvalue weighted by molar-refractivity contribution is 5.93. The van der Waals surface area contributed by atoms with Crippen LogP contribution in [0.1, 0.15) is 45.7 Å². The van der Waals surface area contributed by atoms with E-state index in [4.69, 9.17) is 4.74 Å². The molecule has 1 aliphatic heterocycles. The number of carbonyl (C=O) groups is 1. The molecule has 2 heterocycles. The van der Waals surface area contributed by atoms with Crippen molar-refractivity contribution < 1.29 is 9.53 Å². The Morgan fingerprint density at radius 1 is 1.03 bits per heavy atom. The number of carbonyl (C=O) groups excluding carboxylic acids is 1. The van der Waals surface area contributed by atoms with Gasteiger partial charge in [0.25, 0.3) is 5.91 Å². The van der Waals surface area contributed by atoms with Crippen LogP contribution in [0.2, 0.25) is 0 Å². The Morgan fingerprint density at radius 3 is 2.47 bits per heavy atom. The van der Waals surface area contributed by atoms with Crippen LogP contribution in [0, 0.1) is 20.8 Å². The van der Waals surface area contributed by atoms with Crippen molar-refractivity contribution in [3.05, 3.63) is 76.6 Å². The van der Waals surface area contributed by atoms with Crippen LogP contribution in [0.4, 0.5) is 0 Å². The Hall–Kier alpha value is -2.99. The molecule has 30 heavy (non-hydrogen) atoms. The van der Waals surface area contributed by atoms with E-state index in [1.165, 1.54) is 11.1 Å². The topological polar surface area (TPSA) is 60.2 Å². The van der Waals surface area contributed by atoms with Gasteiger partial charge in [-0.25, -0.2) is 0 Å². The summed E-state index contributed by atoms with van der Waals surface area (Å²) < 4.78 is 6.04. The first-order valence-corrected chi connectivity index (χ1v) is 10.5. The number of hydrogen-bond donors (Lipinski definition) is 0. The molecule has 0 bridgehead atoms. The van der Waals surface area contributed by atoms with E-state index >= 15 is 0 Å². The van der Waals surface area contributed by atoms with E-state index in [2.05, 4.69) is 35.3 Å². The molecule has 0 N–H and O–H groups in total. The Bertz CT molecular complexity index is 1020. The van der Waals surface area contributed by atoms with E-state index in [1.807, 2.05) is 49.1 Å². The van der Waals surface area contributed by atoms with Crippen molar-refractivity contribution in [3.63, 3.8) is 0 Å². The molecule has 3 aromatic rings. The summed E-state index contributed by atoms with van der Waals surface area (Å²) in [5, 5.41) is 9.02. The quantitative estimate of drug-likeness (QED) is 0.645. The van der Waals surface area contributed by atoms with Gasteiger partial charge in [0.1, 0.15) is 0 Å². The molecule has 1 saturated heterocycles. The van der Waals surface area contributed by atoms with E-state index in [-0.39, 0.29) is 12.0 Å². The molecule has 2 aromatic carbocycles. The molecule has 6 heteroatoms. The molecular weight excluding hydrogens is 376 g/mol. The van der Waals surface area contributed by atoms with Gasteiger partial charge < -0.3 is 9.64 Å². The lowest BCUT2D eigenvalue weighted by Crippen LogP contribution is -2.41. The SMILES string of the molecule is Cc1ccc(-n2nc(C)c(C(=O)N3CCC(OCc4ccccc4)CC3)n2)c(C)c1. The second kappa shape index (κ2) is 8.79. The lowest BCUT2D eigenvalue weighted by atomic mass is 10.1. The maximum Gasteiger partial charge on any atom is 0.276 e. The summed E-state index contributed by atoms with van der Waals surface area (Å²) in [7, 11) is 0. The normalized spacial score (nSPS) is 14.8. The third kappa shape index (κ3) is 4.44. The Kier molecular flexibility index (Phi) is 5.95. The van der Waals surface area contributed by atoms with Crippen molar-refractivity contribution >= 4 is 5.91 Å². The van der Waals surface area contributed by atoms with E-state index in [0.29, 0.717) is 31.1 Å². The number of hydrogen-bond acceptors (Lipinski definition) is 4. The molecule has 1 aromatic heterocycles. The van der Waals surface area contributed by atoms with Gasteiger partial charge in [0.2, 0.25) is 0 Å². The second-order valence-electron chi connectivity index (χ2n) is 8.00. The number of amides is 1. The molecule has 4 rings (SSSR count). The van der Waals surface area contributed by atoms with Gasteiger partial charge in [-0.2, -0.15) is 9.90 Å². The predicted molar refractivity (Wildman–Crippen MR) is 116 cm³/mol. The molecule has 1 fully saturated rings. The summed E-state index contributed by atoms with van der Waals surface area (Å²) in [5.74, 6) is -0.0509. The lowest BCUT2D eigenvalue weighted by Gasteiger charge is -2.31. The number of aryl methyl sites for hydroxylation is 3. The van der Waals surface area contributed by atoms with Gasteiger partial charge in [-0.3, -0.25) is 4.79 Å². The fourth-order valence-corrected chi connectivity index (χ4v) is 3.88. The van der Waals surface area contributed by atoms with Crippen molar-refractivity contribution in [3.8, 4) is 5.69 Å². The van der Waals surface area contributed by atoms with Gasteiger partial charge in [0.15, 0.2) is 5.69 Å². The second-order valence-corrected chi connectivity index (χ2v) is 8.00. The Labute approximate surface area is 177 Å². The number of piperidine rings is 1. The van der Waals surface area contributed by atoms with E-state index < -0.39 is 0 Å². The molecule has 156 valence electrons. The van der Waals surface area contributed by atoms with Crippen molar-refractivity contribution in [1.82, 2.24) is 19.9 Å². The van der Waals surface area contributed by atoms with E-state index in [0.717, 1.165) is 24.1 Å². The third-order valence-electron chi connectivity index (χ3n) is 5.61. The number of likely N-dealkylation sites (tertiary alicyclic amines) is 1. The molecule has 0 saturated carbocycles. The van der Waals surface area contributed by atoms with E-state index in [1.54, 1.807) is 4.80 Å². The molecule has 0 atom stereocenters. The highest BCUT2D eigenvalue weighted by atomic mass is 16.5. The largest absolute Gasteiger partial charge is 0.373 e. The van der Waals surface area contributed by atoms with Crippen LogP contribution in [0.25, 0.3) is 5.69 Å². The van der Waals surface area contributed by atoms with Gasteiger partial charge in [-0.15, -0.1) is 5.10 Å². The smallest absolute Gasteiger partial charge is 0.276 e. The lowest BCUT2D eigenvalue weighted by molar-refractivity contribution is -0.000532. The molecule has 6 nitrogen and oxygen atoms in total. The minimum absolute atomic E-state index is 0.0509. The van der Waals surface area contributed by atoms with Crippen molar-refractivity contribution in [2.45, 2.75) is 46.3 Å². The van der Waals surface area contributed by atoms with Crippen LogP contribution in [0.3, 0.4) is 0 Å². The first-order valence-electron chi connectivity index (χ1n) is 10.5. The van der Waals surface area contributed by atoms with Crippen LogP contribution < -0.4 is 0 Å². The predicted octanol–water partition coefficient (Wildman–Crippen LogP) is 4.01. The van der Waals surface area contributed by atoms with Crippen LogP contribution >= 0.6 is 0 Å². The molecule has 0 unspecified atom stereocenters. The molecule has 0 aliphatic carbocycles. The van der Waals surface area contributed by atoms with Crippen LogP contribution in [0.15, 0.2) is 48.5 Å². The average molecular weight is 405 g/mol. The maximum atomic E-state index is 13.1. The van der Waals surface area contributed by atoms with Crippen LogP contribution in [-0.2, 0) is 11.3 Å². The first kappa shape index (κ1) is 20.3. The van der Waals surface area contributed by atoms with E-state index in [9.17, 15) is 4.79 Å². The summed E-state index contributed by atoms with van der Waals surface area (Å²) in [4.78, 5) is 16.5.